The van der Waals surface area contributed by atoms with Crippen LogP contribution in [0.25, 0.3) is 0 Å². The summed E-state index contributed by atoms with van der Waals surface area (Å²) < 4.78 is 1.02. The van der Waals surface area contributed by atoms with Crippen LogP contribution in [0.4, 0.5) is 0 Å². The standard InChI is InChI=1S/C15H17BrN2/c1-2-18-15(8-12-6-4-3-5-7-12)13-9-14(16)11-17-10-13/h3-7,9-11,15,18H,2,8H2,1H3. The molecular weight excluding hydrogens is 288 g/mol. The molecule has 2 nitrogen and oxygen atoms in total. The maximum atomic E-state index is 4.24. The van der Waals surface area contributed by atoms with Crippen molar-refractivity contribution in [2.75, 3.05) is 6.54 Å². The molecule has 0 aliphatic rings. The largest absolute Gasteiger partial charge is 0.310 e. The highest BCUT2D eigenvalue weighted by molar-refractivity contribution is 9.10. The van der Waals surface area contributed by atoms with Crippen molar-refractivity contribution in [2.24, 2.45) is 0 Å². The molecule has 0 saturated carbocycles. The SMILES string of the molecule is CCNC(Cc1ccccc1)c1cncc(Br)c1. The average Bonchev–Trinajstić information content (AvgIpc) is 2.39. The number of aromatic nitrogens is 1. The molecule has 0 radical (unpaired) electrons. The van der Waals surface area contributed by atoms with Crippen LogP contribution in [0, 0.1) is 0 Å². The van der Waals surface area contributed by atoms with Gasteiger partial charge in [-0.3, -0.25) is 4.98 Å². The van der Waals surface area contributed by atoms with Crippen molar-refractivity contribution in [1.82, 2.24) is 10.3 Å². The van der Waals surface area contributed by atoms with Crippen LogP contribution in [0.1, 0.15) is 24.1 Å². The molecule has 0 saturated heterocycles. The van der Waals surface area contributed by atoms with Gasteiger partial charge in [0.2, 0.25) is 0 Å². The van der Waals surface area contributed by atoms with Crippen LogP contribution in [-0.4, -0.2) is 11.5 Å². The normalized spacial score (nSPS) is 12.3. The van der Waals surface area contributed by atoms with Gasteiger partial charge in [0, 0.05) is 22.9 Å². The van der Waals surface area contributed by atoms with Crippen LogP contribution in [-0.2, 0) is 6.42 Å². The van der Waals surface area contributed by atoms with Crippen molar-refractivity contribution in [2.45, 2.75) is 19.4 Å². The van der Waals surface area contributed by atoms with Gasteiger partial charge >= 0.3 is 0 Å². The first kappa shape index (κ1) is 13.2. The van der Waals surface area contributed by atoms with Crippen LogP contribution in [0.15, 0.2) is 53.3 Å². The van der Waals surface area contributed by atoms with Crippen LogP contribution in [0.2, 0.25) is 0 Å². The monoisotopic (exact) mass is 304 g/mol. The molecule has 0 aliphatic heterocycles. The third kappa shape index (κ3) is 3.65. The van der Waals surface area contributed by atoms with Gasteiger partial charge in [-0.25, -0.2) is 0 Å². The number of benzene rings is 1. The molecule has 94 valence electrons. The van der Waals surface area contributed by atoms with Crippen LogP contribution >= 0.6 is 15.9 Å². The Morgan fingerprint density at radius 2 is 2.00 bits per heavy atom. The quantitative estimate of drug-likeness (QED) is 0.910. The summed E-state index contributed by atoms with van der Waals surface area (Å²) in [6, 6.07) is 13.0. The Kier molecular flexibility index (Phi) is 4.90. The van der Waals surface area contributed by atoms with E-state index < -0.39 is 0 Å². The molecule has 0 aliphatic carbocycles. The van der Waals surface area contributed by atoms with Gasteiger partial charge in [0.15, 0.2) is 0 Å². The number of nitrogens with one attached hydrogen (secondary N) is 1. The van der Waals surface area contributed by atoms with Crippen molar-refractivity contribution in [3.8, 4) is 0 Å². The summed E-state index contributed by atoms with van der Waals surface area (Å²) >= 11 is 3.48. The first-order chi connectivity index (χ1) is 8.79. The molecule has 1 unspecified atom stereocenters. The number of likely N-dealkylation sites (N-methyl/N-ethyl adjacent to an activating group) is 1. The third-order valence-electron chi connectivity index (χ3n) is 2.86. The van der Waals surface area contributed by atoms with Gasteiger partial charge in [-0.2, -0.15) is 0 Å². The fraction of sp³-hybridized carbons (Fsp3) is 0.267. The molecule has 18 heavy (non-hydrogen) atoms. The topological polar surface area (TPSA) is 24.9 Å². The van der Waals surface area contributed by atoms with Crippen molar-refractivity contribution < 1.29 is 0 Å². The lowest BCUT2D eigenvalue weighted by Gasteiger charge is -2.18. The summed E-state index contributed by atoms with van der Waals surface area (Å²) in [7, 11) is 0. The van der Waals surface area contributed by atoms with Gasteiger partial charge in [0.05, 0.1) is 0 Å². The summed E-state index contributed by atoms with van der Waals surface area (Å²) in [6.45, 7) is 3.08. The van der Waals surface area contributed by atoms with Gasteiger partial charge in [0.1, 0.15) is 0 Å². The van der Waals surface area contributed by atoms with Crippen LogP contribution < -0.4 is 5.32 Å². The first-order valence-electron chi connectivity index (χ1n) is 6.17. The molecule has 0 fully saturated rings. The van der Waals surface area contributed by atoms with Crippen molar-refractivity contribution in [3.63, 3.8) is 0 Å². The van der Waals surface area contributed by atoms with Gasteiger partial charge in [-0.05, 0) is 46.1 Å². The first-order valence-corrected chi connectivity index (χ1v) is 6.96. The smallest absolute Gasteiger partial charge is 0.0410 e. The van der Waals surface area contributed by atoms with Crippen molar-refractivity contribution in [1.29, 1.82) is 0 Å². The minimum Gasteiger partial charge on any atom is -0.310 e. The maximum absolute atomic E-state index is 4.24. The van der Waals surface area contributed by atoms with E-state index in [2.05, 4.69) is 63.5 Å². The van der Waals surface area contributed by atoms with E-state index in [1.54, 1.807) is 0 Å². The fourth-order valence-corrected chi connectivity index (χ4v) is 2.41. The molecule has 2 aromatic rings. The lowest BCUT2D eigenvalue weighted by Crippen LogP contribution is -2.23. The molecule has 0 bridgehead atoms. The molecule has 2 rings (SSSR count). The summed E-state index contributed by atoms with van der Waals surface area (Å²) in [6.07, 6.45) is 4.73. The Hall–Kier alpha value is -1.19. The lowest BCUT2D eigenvalue weighted by molar-refractivity contribution is 0.548. The molecule has 3 heteroatoms. The predicted molar refractivity (Wildman–Crippen MR) is 78.5 cm³/mol. The fourth-order valence-electron chi connectivity index (χ4n) is 2.02. The average molecular weight is 305 g/mol. The van der Waals surface area contributed by atoms with E-state index in [-0.39, 0.29) is 0 Å². The van der Waals surface area contributed by atoms with E-state index in [9.17, 15) is 0 Å². The van der Waals surface area contributed by atoms with Gasteiger partial charge in [-0.15, -0.1) is 0 Å². The summed E-state index contributed by atoms with van der Waals surface area (Å²) in [5.41, 5.74) is 2.55. The predicted octanol–water partition coefficient (Wildman–Crippen LogP) is 3.74. The second-order valence-electron chi connectivity index (χ2n) is 4.24. The van der Waals surface area contributed by atoms with Crippen molar-refractivity contribution in [3.05, 3.63) is 64.4 Å². The van der Waals surface area contributed by atoms with Gasteiger partial charge in [0.25, 0.3) is 0 Å². The Balaban J connectivity index is 2.18. The Labute approximate surface area is 117 Å². The Morgan fingerprint density at radius 3 is 2.67 bits per heavy atom. The van der Waals surface area contributed by atoms with E-state index in [1.165, 1.54) is 11.1 Å². The summed E-state index contributed by atoms with van der Waals surface area (Å²) in [5.74, 6) is 0. The molecule has 1 N–H and O–H groups in total. The van der Waals surface area contributed by atoms with E-state index in [1.807, 2.05) is 18.5 Å². The zero-order valence-corrected chi connectivity index (χ0v) is 12.0. The number of rotatable bonds is 5. The second-order valence-corrected chi connectivity index (χ2v) is 5.15. The third-order valence-corrected chi connectivity index (χ3v) is 3.30. The van der Waals surface area contributed by atoms with Crippen LogP contribution in [0.5, 0.6) is 0 Å². The van der Waals surface area contributed by atoms with Crippen LogP contribution in [0.3, 0.4) is 0 Å². The number of pyridine rings is 1. The Bertz CT molecular complexity index is 485. The highest BCUT2D eigenvalue weighted by Gasteiger charge is 2.11. The minimum atomic E-state index is 0.308. The van der Waals surface area contributed by atoms with Gasteiger partial charge in [-0.1, -0.05) is 37.3 Å². The number of hydrogen-bond acceptors (Lipinski definition) is 2. The minimum absolute atomic E-state index is 0.308. The zero-order chi connectivity index (χ0) is 12.8. The van der Waals surface area contributed by atoms with Crippen molar-refractivity contribution >= 4 is 15.9 Å². The number of nitrogens with zero attached hydrogens (tertiary/aromatic N) is 1. The van der Waals surface area contributed by atoms with E-state index >= 15 is 0 Å². The lowest BCUT2D eigenvalue weighted by atomic mass is 10.0. The van der Waals surface area contributed by atoms with E-state index in [0.29, 0.717) is 6.04 Å². The molecule has 1 aromatic heterocycles. The van der Waals surface area contributed by atoms with E-state index in [0.717, 1.165) is 17.4 Å². The second kappa shape index (κ2) is 6.66. The molecular formula is C15H17BrN2. The zero-order valence-electron chi connectivity index (χ0n) is 10.4. The summed E-state index contributed by atoms with van der Waals surface area (Å²) in [5, 5.41) is 3.51. The van der Waals surface area contributed by atoms with E-state index in [4.69, 9.17) is 0 Å². The number of hydrogen-bond donors (Lipinski definition) is 1. The molecule has 1 aromatic carbocycles. The number of halogens is 1. The Morgan fingerprint density at radius 1 is 1.22 bits per heavy atom. The summed E-state index contributed by atoms with van der Waals surface area (Å²) in [4.78, 5) is 4.24. The molecule has 1 atom stereocenters. The highest BCUT2D eigenvalue weighted by Crippen LogP contribution is 2.20. The van der Waals surface area contributed by atoms with Gasteiger partial charge < -0.3 is 5.32 Å². The highest BCUT2D eigenvalue weighted by atomic mass is 79.9. The molecule has 0 amide bonds. The molecule has 1 heterocycles. The maximum Gasteiger partial charge on any atom is 0.0410 e. The molecule has 0 spiro atoms.